The topological polar surface area (TPSA) is 44.9 Å². The molecular weight excluding hydrogens is 272 g/mol. The van der Waals surface area contributed by atoms with Gasteiger partial charge >= 0.3 is 0 Å². The van der Waals surface area contributed by atoms with Crippen LogP contribution < -0.4 is 0 Å². The molecule has 1 aromatic heterocycles. The first kappa shape index (κ1) is 14.8. The van der Waals surface area contributed by atoms with Gasteiger partial charge in [0.2, 0.25) is 0 Å². The Labute approximate surface area is 132 Å². The van der Waals surface area contributed by atoms with Crippen molar-refractivity contribution >= 4 is 0 Å². The molecule has 2 heterocycles. The van der Waals surface area contributed by atoms with Crippen LogP contribution in [0.25, 0.3) is 0 Å². The fourth-order valence-electron chi connectivity index (χ4n) is 3.34. The summed E-state index contributed by atoms with van der Waals surface area (Å²) in [5, 5.41) is 13.6. The van der Waals surface area contributed by atoms with E-state index in [2.05, 4.69) is 39.8 Å². The van der Waals surface area contributed by atoms with Crippen LogP contribution in [0.2, 0.25) is 0 Å². The van der Waals surface area contributed by atoms with E-state index in [4.69, 9.17) is 5.26 Å². The molecule has 0 spiro atoms. The predicted molar refractivity (Wildman–Crippen MR) is 86.3 cm³/mol. The number of rotatable bonds is 4. The summed E-state index contributed by atoms with van der Waals surface area (Å²) in [5.41, 5.74) is 4.28. The molecule has 1 aliphatic rings. The van der Waals surface area contributed by atoms with Crippen molar-refractivity contribution in [2.75, 3.05) is 6.54 Å². The Morgan fingerprint density at radius 2 is 2.18 bits per heavy atom. The first-order valence-corrected chi connectivity index (χ1v) is 7.90. The van der Waals surface area contributed by atoms with Crippen molar-refractivity contribution in [1.82, 2.24) is 14.7 Å². The average molecular weight is 294 g/mol. The van der Waals surface area contributed by atoms with Gasteiger partial charge in [-0.05, 0) is 57.0 Å². The van der Waals surface area contributed by atoms with Gasteiger partial charge in [0.05, 0.1) is 23.9 Å². The third-order valence-electron chi connectivity index (χ3n) is 4.43. The van der Waals surface area contributed by atoms with E-state index in [0.29, 0.717) is 6.04 Å². The molecule has 0 N–H and O–H groups in total. The molecule has 1 aromatic carbocycles. The Morgan fingerprint density at radius 1 is 1.32 bits per heavy atom. The van der Waals surface area contributed by atoms with Crippen LogP contribution in [-0.4, -0.2) is 27.3 Å². The molecule has 2 aromatic rings. The van der Waals surface area contributed by atoms with Crippen molar-refractivity contribution in [3.05, 3.63) is 52.8 Å². The van der Waals surface area contributed by atoms with Crippen LogP contribution in [0.5, 0.6) is 0 Å². The van der Waals surface area contributed by atoms with Gasteiger partial charge in [-0.15, -0.1) is 0 Å². The predicted octanol–water partition coefficient (Wildman–Crippen LogP) is 3.04. The summed E-state index contributed by atoms with van der Waals surface area (Å²) in [6.45, 7) is 7.16. The number of nitriles is 1. The molecule has 114 valence electrons. The minimum Gasteiger partial charge on any atom is -0.294 e. The zero-order valence-electron chi connectivity index (χ0n) is 13.3. The zero-order valence-corrected chi connectivity index (χ0v) is 13.3. The van der Waals surface area contributed by atoms with Crippen LogP contribution in [0, 0.1) is 25.2 Å². The number of benzene rings is 1. The Kier molecular flexibility index (Phi) is 4.26. The second-order valence-corrected chi connectivity index (χ2v) is 6.19. The van der Waals surface area contributed by atoms with Crippen molar-refractivity contribution in [3.8, 4) is 6.07 Å². The number of nitrogens with zero attached hydrogens (tertiary/aromatic N) is 4. The number of hydrogen-bond donors (Lipinski definition) is 0. The molecule has 22 heavy (non-hydrogen) atoms. The minimum atomic E-state index is 0.531. The molecule has 0 unspecified atom stereocenters. The van der Waals surface area contributed by atoms with Gasteiger partial charge in [-0.25, -0.2) is 0 Å². The van der Waals surface area contributed by atoms with E-state index >= 15 is 0 Å². The highest BCUT2D eigenvalue weighted by molar-refractivity contribution is 5.32. The van der Waals surface area contributed by atoms with Crippen molar-refractivity contribution in [2.45, 2.75) is 45.8 Å². The number of aryl methyl sites for hydroxylation is 2. The summed E-state index contributed by atoms with van der Waals surface area (Å²) in [7, 11) is 0. The van der Waals surface area contributed by atoms with E-state index < -0.39 is 0 Å². The van der Waals surface area contributed by atoms with Crippen molar-refractivity contribution in [2.24, 2.45) is 0 Å². The fourth-order valence-corrected chi connectivity index (χ4v) is 3.34. The van der Waals surface area contributed by atoms with Crippen LogP contribution in [0.1, 0.15) is 35.4 Å². The maximum Gasteiger partial charge on any atom is 0.0991 e. The van der Waals surface area contributed by atoms with E-state index in [1.54, 1.807) is 0 Å². The van der Waals surface area contributed by atoms with Gasteiger partial charge in [0.15, 0.2) is 0 Å². The molecule has 0 saturated carbocycles. The number of hydrogen-bond acceptors (Lipinski definition) is 3. The van der Waals surface area contributed by atoms with Crippen molar-refractivity contribution in [1.29, 1.82) is 5.26 Å². The summed E-state index contributed by atoms with van der Waals surface area (Å²) in [4.78, 5) is 2.52. The first-order chi connectivity index (χ1) is 10.7. The molecule has 1 saturated heterocycles. The first-order valence-electron chi connectivity index (χ1n) is 7.90. The van der Waals surface area contributed by atoms with Gasteiger partial charge in [0, 0.05) is 18.3 Å². The lowest BCUT2D eigenvalue weighted by Crippen LogP contribution is -2.33. The lowest BCUT2D eigenvalue weighted by Gasteiger charge is -2.25. The SMILES string of the molecule is Cc1cc(C)n(C[C@H]2CCCN2Cc2cccc(C#N)c2)n1. The van der Waals surface area contributed by atoms with Gasteiger partial charge in [0.1, 0.15) is 0 Å². The molecule has 0 radical (unpaired) electrons. The van der Waals surface area contributed by atoms with Crippen molar-refractivity contribution < 1.29 is 0 Å². The highest BCUT2D eigenvalue weighted by atomic mass is 15.3. The van der Waals surface area contributed by atoms with Crippen LogP contribution in [-0.2, 0) is 13.1 Å². The quantitative estimate of drug-likeness (QED) is 0.870. The largest absolute Gasteiger partial charge is 0.294 e. The van der Waals surface area contributed by atoms with Gasteiger partial charge in [0.25, 0.3) is 0 Å². The van der Waals surface area contributed by atoms with Crippen LogP contribution in [0.4, 0.5) is 0 Å². The maximum absolute atomic E-state index is 9.03. The van der Waals surface area contributed by atoms with E-state index in [1.165, 1.54) is 24.1 Å². The third-order valence-corrected chi connectivity index (χ3v) is 4.43. The van der Waals surface area contributed by atoms with Crippen molar-refractivity contribution in [3.63, 3.8) is 0 Å². The Morgan fingerprint density at radius 3 is 2.91 bits per heavy atom. The van der Waals surface area contributed by atoms with Gasteiger partial charge in [-0.2, -0.15) is 10.4 Å². The van der Waals surface area contributed by atoms with Crippen LogP contribution >= 0.6 is 0 Å². The number of aromatic nitrogens is 2. The molecular formula is C18H22N4. The maximum atomic E-state index is 9.03. The number of likely N-dealkylation sites (tertiary alicyclic amines) is 1. The summed E-state index contributed by atoms with van der Waals surface area (Å²) in [5.74, 6) is 0. The molecule has 0 aliphatic carbocycles. The molecule has 1 fully saturated rings. The standard InChI is InChI=1S/C18H22N4/c1-14-9-15(2)22(20-14)13-18-7-4-8-21(18)12-17-6-3-5-16(10-17)11-19/h3,5-6,9-10,18H,4,7-8,12-13H2,1-2H3/t18-/m1/s1. The summed E-state index contributed by atoms with van der Waals surface area (Å²) < 4.78 is 2.13. The molecule has 4 heteroatoms. The van der Waals surface area contributed by atoms with E-state index in [1.807, 2.05) is 25.1 Å². The van der Waals surface area contributed by atoms with E-state index in [-0.39, 0.29) is 0 Å². The Bertz CT molecular complexity index is 695. The summed E-state index contributed by atoms with van der Waals surface area (Å²) in [6.07, 6.45) is 2.46. The molecule has 1 atom stereocenters. The smallest absolute Gasteiger partial charge is 0.0991 e. The molecule has 0 bridgehead atoms. The van der Waals surface area contributed by atoms with Gasteiger partial charge in [-0.3, -0.25) is 9.58 Å². The Hall–Kier alpha value is -2.12. The minimum absolute atomic E-state index is 0.531. The lowest BCUT2D eigenvalue weighted by molar-refractivity contribution is 0.218. The molecule has 3 rings (SSSR count). The van der Waals surface area contributed by atoms with E-state index in [9.17, 15) is 0 Å². The second-order valence-electron chi connectivity index (χ2n) is 6.19. The highest BCUT2D eigenvalue weighted by Crippen LogP contribution is 2.22. The lowest BCUT2D eigenvalue weighted by atomic mass is 10.1. The van der Waals surface area contributed by atoms with Gasteiger partial charge < -0.3 is 0 Å². The second kappa shape index (κ2) is 6.33. The fraction of sp³-hybridized carbons (Fsp3) is 0.444. The average Bonchev–Trinajstić information content (AvgIpc) is 3.06. The molecule has 1 aliphatic heterocycles. The normalized spacial score (nSPS) is 18.5. The van der Waals surface area contributed by atoms with Crippen LogP contribution in [0.15, 0.2) is 30.3 Å². The van der Waals surface area contributed by atoms with Crippen LogP contribution in [0.3, 0.4) is 0 Å². The molecule has 0 amide bonds. The summed E-state index contributed by atoms with van der Waals surface area (Å²) in [6, 6.07) is 12.8. The Balaban J connectivity index is 1.70. The monoisotopic (exact) mass is 294 g/mol. The third kappa shape index (κ3) is 3.20. The van der Waals surface area contributed by atoms with E-state index in [0.717, 1.165) is 30.9 Å². The highest BCUT2D eigenvalue weighted by Gasteiger charge is 2.25. The summed E-state index contributed by atoms with van der Waals surface area (Å²) >= 11 is 0. The van der Waals surface area contributed by atoms with Gasteiger partial charge in [-0.1, -0.05) is 12.1 Å². The zero-order chi connectivity index (χ0) is 15.5. The molecule has 4 nitrogen and oxygen atoms in total.